The van der Waals surface area contributed by atoms with E-state index < -0.39 is 41.4 Å². The molecule has 11 nitrogen and oxygen atoms in total. The van der Waals surface area contributed by atoms with E-state index in [4.69, 9.17) is 25.1 Å². The summed E-state index contributed by atoms with van der Waals surface area (Å²) in [6.45, 7) is 10.2. The molecule has 2 atom stereocenters. The monoisotopic (exact) mass is 614 g/mol. The summed E-state index contributed by atoms with van der Waals surface area (Å²) in [5.74, 6) is -1.15. The van der Waals surface area contributed by atoms with Gasteiger partial charge in [0.25, 0.3) is 0 Å². The van der Waals surface area contributed by atoms with Crippen LogP contribution in [0.4, 0.5) is 9.59 Å². The molecule has 4 N–H and O–H groups in total. The molecule has 244 valence electrons. The third kappa shape index (κ3) is 18.7. The van der Waals surface area contributed by atoms with Gasteiger partial charge in [-0.25, -0.2) is 14.4 Å². The van der Waals surface area contributed by atoms with Gasteiger partial charge in [0.05, 0.1) is 35.9 Å². The Labute approximate surface area is 262 Å². The van der Waals surface area contributed by atoms with Crippen molar-refractivity contribution in [3.05, 3.63) is 70.8 Å². The lowest BCUT2D eigenvalue weighted by molar-refractivity contribution is -0.139. The molecule has 0 bridgehead atoms. The van der Waals surface area contributed by atoms with Gasteiger partial charge < -0.3 is 30.3 Å². The van der Waals surface area contributed by atoms with Crippen molar-refractivity contribution >= 4 is 18.2 Å². The molecule has 0 unspecified atom stereocenters. The molecule has 0 saturated heterocycles. The van der Waals surface area contributed by atoms with E-state index in [0.29, 0.717) is 23.1 Å². The van der Waals surface area contributed by atoms with Gasteiger partial charge in [-0.15, -0.1) is 0 Å². The zero-order valence-corrected chi connectivity index (χ0v) is 24.2. The normalized spacial score (nSPS) is 11.4. The highest BCUT2D eigenvalue weighted by Gasteiger charge is 2.24. The van der Waals surface area contributed by atoms with Crippen molar-refractivity contribution in [1.82, 2.24) is 10.6 Å². The smallest absolute Gasteiger partial charge is 0.408 e. The molecule has 2 aromatic carbocycles. The Morgan fingerprint density at radius 2 is 1.09 bits per heavy atom. The molecule has 0 radical (unpaired) electrons. The number of rotatable bonds is 8. The van der Waals surface area contributed by atoms with Gasteiger partial charge in [0.15, 0.2) is 0 Å². The maximum atomic E-state index is 11.6. The van der Waals surface area contributed by atoms with Crippen LogP contribution in [0.15, 0.2) is 48.5 Å². The fourth-order valence-corrected chi connectivity index (χ4v) is 3.24. The number of aliphatic hydroxyl groups is 1. The van der Waals surface area contributed by atoms with Gasteiger partial charge in [-0.05, 0) is 83.4 Å². The van der Waals surface area contributed by atoms with E-state index in [1.807, 2.05) is 12.1 Å². The van der Waals surface area contributed by atoms with E-state index in [1.165, 1.54) is 0 Å². The quantitative estimate of drug-likeness (QED) is 0.278. The number of nitriles is 2. The first-order chi connectivity index (χ1) is 19.0. The molecule has 0 aliphatic carbocycles. The van der Waals surface area contributed by atoms with Crippen LogP contribution in [-0.4, -0.2) is 58.3 Å². The summed E-state index contributed by atoms with van der Waals surface area (Å²) < 4.78 is 10.2. The largest absolute Gasteiger partial charge is 0.480 e. The fraction of sp³-hybridized carbons (Fsp3) is 0.485. The SMILES string of the molecule is C.C.C.CC(C)(C)OC(=O)N[C@@H](Cc1ccc(C#N)cc1)C(=O)O.CC(C)(C)OC(=O)N[C@H](CO)Cc1ccc(C#N)cc1. The van der Waals surface area contributed by atoms with Gasteiger partial charge in [-0.1, -0.05) is 46.5 Å². The Balaban J connectivity index is -0.000000716. The number of aliphatic carboxylic acids is 1. The van der Waals surface area contributed by atoms with E-state index in [2.05, 4.69) is 10.6 Å². The number of nitrogens with one attached hydrogen (secondary N) is 2. The maximum Gasteiger partial charge on any atom is 0.408 e. The van der Waals surface area contributed by atoms with Crippen LogP contribution in [0.2, 0.25) is 0 Å². The topological polar surface area (TPSA) is 182 Å². The number of hydrogen-bond donors (Lipinski definition) is 4. The predicted octanol–water partition coefficient (Wildman–Crippen LogP) is 5.97. The van der Waals surface area contributed by atoms with Crippen molar-refractivity contribution < 1.29 is 34.1 Å². The number of aliphatic hydroxyl groups excluding tert-OH is 1. The average Bonchev–Trinajstić information content (AvgIpc) is 2.87. The maximum absolute atomic E-state index is 11.6. The van der Waals surface area contributed by atoms with Crippen LogP contribution in [0.25, 0.3) is 0 Å². The lowest BCUT2D eigenvalue weighted by Crippen LogP contribution is -2.44. The van der Waals surface area contributed by atoms with Crippen LogP contribution in [0.1, 0.15) is 86.1 Å². The zero-order valence-electron chi connectivity index (χ0n) is 24.2. The van der Waals surface area contributed by atoms with Crippen molar-refractivity contribution in [2.24, 2.45) is 0 Å². The molecule has 0 spiro atoms. The first-order valence-electron chi connectivity index (χ1n) is 12.9. The Hall–Kier alpha value is -4.61. The van der Waals surface area contributed by atoms with Crippen LogP contribution in [0.5, 0.6) is 0 Å². The number of nitrogens with zero attached hydrogens (tertiary/aromatic N) is 2. The highest BCUT2D eigenvalue weighted by atomic mass is 16.6. The lowest BCUT2D eigenvalue weighted by atomic mass is 10.0. The van der Waals surface area contributed by atoms with Crippen LogP contribution >= 0.6 is 0 Å². The number of carboxylic acid groups (broad SMARTS) is 1. The predicted molar refractivity (Wildman–Crippen MR) is 171 cm³/mol. The second kappa shape index (κ2) is 20.3. The molecular formula is C33H50N4O7. The summed E-state index contributed by atoms with van der Waals surface area (Å²) in [4.78, 5) is 34.5. The summed E-state index contributed by atoms with van der Waals surface area (Å²) in [5, 5.41) is 40.8. The summed E-state index contributed by atoms with van der Waals surface area (Å²) in [7, 11) is 0. The van der Waals surface area contributed by atoms with E-state index in [1.54, 1.807) is 90.1 Å². The number of ether oxygens (including phenoxy) is 2. The molecule has 2 aromatic rings. The molecule has 0 fully saturated rings. The minimum atomic E-state index is -1.15. The third-order valence-corrected chi connectivity index (χ3v) is 5.02. The molecule has 0 aliphatic heterocycles. The molecule has 44 heavy (non-hydrogen) atoms. The molecule has 11 heteroatoms. The van der Waals surface area contributed by atoms with Gasteiger partial charge in [-0.2, -0.15) is 10.5 Å². The second-order valence-corrected chi connectivity index (χ2v) is 11.1. The summed E-state index contributed by atoms with van der Waals surface area (Å²) in [5.41, 5.74) is 1.44. The zero-order chi connectivity index (χ0) is 31.2. The van der Waals surface area contributed by atoms with Crippen molar-refractivity contribution in [2.75, 3.05) is 6.61 Å². The van der Waals surface area contributed by atoms with Crippen molar-refractivity contribution in [3.8, 4) is 12.1 Å². The van der Waals surface area contributed by atoms with Gasteiger partial charge >= 0.3 is 18.2 Å². The van der Waals surface area contributed by atoms with Gasteiger partial charge in [0, 0.05) is 6.42 Å². The highest BCUT2D eigenvalue weighted by molar-refractivity contribution is 5.80. The molecule has 0 aliphatic rings. The minimum Gasteiger partial charge on any atom is -0.480 e. The Kier molecular flexibility index (Phi) is 20.2. The Bertz CT molecular complexity index is 1230. The van der Waals surface area contributed by atoms with E-state index in [9.17, 15) is 19.5 Å². The van der Waals surface area contributed by atoms with Crippen LogP contribution < -0.4 is 10.6 Å². The Morgan fingerprint density at radius 3 is 1.41 bits per heavy atom. The standard InChI is InChI=1S/C15H18N2O4.C15H20N2O3.3CH4/c1-15(2,3)21-14(20)17-12(13(18)19)8-10-4-6-11(9-16)7-5-10;1-15(2,3)20-14(19)17-13(10-18)8-11-4-6-12(9-16)7-5-11;;;/h4-7,12H,8H2,1-3H3,(H,17,20)(H,18,19);4-7,13,18H,8,10H2,1-3H3,(H,17,19);3*1H4/t12-;13-;;;/m00.../s1. The van der Waals surface area contributed by atoms with Gasteiger partial charge in [0.2, 0.25) is 0 Å². The fourth-order valence-electron chi connectivity index (χ4n) is 3.24. The number of amides is 2. The third-order valence-electron chi connectivity index (χ3n) is 5.02. The van der Waals surface area contributed by atoms with Gasteiger partial charge in [0.1, 0.15) is 17.2 Å². The summed E-state index contributed by atoms with van der Waals surface area (Å²) >= 11 is 0. The minimum absolute atomic E-state index is 0. The molecule has 0 aromatic heterocycles. The van der Waals surface area contributed by atoms with E-state index in [0.717, 1.165) is 5.56 Å². The molecular weight excluding hydrogens is 564 g/mol. The number of carbonyl (C=O) groups is 3. The van der Waals surface area contributed by atoms with Crippen LogP contribution in [0.3, 0.4) is 0 Å². The summed E-state index contributed by atoms with van der Waals surface area (Å²) in [6.07, 6.45) is -0.740. The number of carbonyl (C=O) groups excluding carboxylic acids is 2. The number of alkyl carbamates (subject to hydrolysis) is 2. The average molecular weight is 615 g/mol. The van der Waals surface area contributed by atoms with Crippen LogP contribution in [0, 0.1) is 22.7 Å². The number of carboxylic acids is 1. The van der Waals surface area contributed by atoms with Crippen molar-refractivity contribution in [3.63, 3.8) is 0 Å². The first-order valence-corrected chi connectivity index (χ1v) is 12.9. The van der Waals surface area contributed by atoms with Gasteiger partial charge in [-0.3, -0.25) is 0 Å². The number of hydrogen-bond acceptors (Lipinski definition) is 8. The lowest BCUT2D eigenvalue weighted by Gasteiger charge is -2.22. The summed E-state index contributed by atoms with van der Waals surface area (Å²) in [6, 6.07) is 16.0. The highest BCUT2D eigenvalue weighted by Crippen LogP contribution is 2.11. The molecule has 0 saturated carbocycles. The van der Waals surface area contributed by atoms with E-state index >= 15 is 0 Å². The Morgan fingerprint density at radius 1 is 0.727 bits per heavy atom. The van der Waals surface area contributed by atoms with Crippen molar-refractivity contribution in [1.29, 1.82) is 10.5 Å². The molecule has 2 amide bonds. The van der Waals surface area contributed by atoms with E-state index in [-0.39, 0.29) is 35.3 Å². The second-order valence-electron chi connectivity index (χ2n) is 11.1. The number of benzene rings is 2. The van der Waals surface area contributed by atoms with Crippen LogP contribution in [-0.2, 0) is 27.1 Å². The first kappa shape index (κ1) is 43.8. The molecule has 2 rings (SSSR count). The van der Waals surface area contributed by atoms with Crippen molar-refractivity contribution in [2.45, 2.75) is 99.9 Å². The molecule has 0 heterocycles.